The van der Waals surface area contributed by atoms with Crippen molar-refractivity contribution in [3.05, 3.63) is 65.7 Å². The van der Waals surface area contributed by atoms with Crippen molar-refractivity contribution in [1.29, 1.82) is 0 Å². The van der Waals surface area contributed by atoms with Crippen LogP contribution in [0.3, 0.4) is 0 Å². The summed E-state index contributed by atoms with van der Waals surface area (Å²) in [6.07, 6.45) is -1.10. The van der Waals surface area contributed by atoms with Crippen molar-refractivity contribution in [3.8, 4) is 5.75 Å². The first-order valence-corrected chi connectivity index (χ1v) is 8.17. The van der Waals surface area contributed by atoms with Gasteiger partial charge in [0.05, 0.1) is 6.21 Å². The molecule has 0 heterocycles. The van der Waals surface area contributed by atoms with Crippen LogP contribution in [-0.4, -0.2) is 24.4 Å². The minimum Gasteiger partial charge on any atom is -0.487 e. The molecule has 0 amide bonds. The van der Waals surface area contributed by atoms with Crippen LogP contribution in [0.2, 0.25) is 0 Å². The number of hydrogen-bond acceptors (Lipinski definition) is 4. The van der Waals surface area contributed by atoms with Crippen molar-refractivity contribution in [1.82, 2.24) is 0 Å². The lowest BCUT2D eigenvalue weighted by molar-refractivity contribution is 0.0818. The van der Waals surface area contributed by atoms with Crippen molar-refractivity contribution in [2.24, 2.45) is 15.9 Å². The lowest BCUT2D eigenvalue weighted by Gasteiger charge is -2.07. The molecular formula is C17H17F2N3OS. The molecule has 2 N–H and O–H groups in total. The molecule has 0 saturated heterocycles. The van der Waals surface area contributed by atoms with Gasteiger partial charge in [0.2, 0.25) is 0 Å². The zero-order valence-corrected chi connectivity index (χ0v) is 13.6. The number of thioether (sulfide) groups is 1. The highest BCUT2D eigenvalue weighted by Gasteiger charge is 2.06. The molecule has 2 aromatic rings. The van der Waals surface area contributed by atoms with Gasteiger partial charge in [0.15, 0.2) is 5.17 Å². The summed E-state index contributed by atoms with van der Waals surface area (Å²) in [7, 11) is 0. The third-order valence-electron chi connectivity index (χ3n) is 2.87. The molecular weight excluding hydrogens is 332 g/mol. The van der Waals surface area contributed by atoms with E-state index in [1.54, 1.807) is 24.3 Å². The fourth-order valence-electron chi connectivity index (χ4n) is 1.78. The molecule has 0 radical (unpaired) electrons. The Labute approximate surface area is 143 Å². The number of benzene rings is 2. The molecule has 2 rings (SSSR count). The third kappa shape index (κ3) is 6.37. The average molecular weight is 349 g/mol. The predicted octanol–water partition coefficient (Wildman–Crippen LogP) is 3.91. The number of nitrogens with zero attached hydrogens (tertiary/aromatic N) is 2. The van der Waals surface area contributed by atoms with Crippen molar-refractivity contribution in [2.45, 2.75) is 12.2 Å². The molecule has 0 aliphatic carbocycles. The fourth-order valence-corrected chi connectivity index (χ4v) is 2.39. The molecule has 0 spiro atoms. The number of halogens is 2. The molecule has 0 bridgehead atoms. The summed E-state index contributed by atoms with van der Waals surface area (Å²) in [6.45, 7) is -0.664. The van der Waals surface area contributed by atoms with Gasteiger partial charge in [-0.3, -0.25) is 0 Å². The Hall–Kier alpha value is -2.41. The smallest absolute Gasteiger partial charge is 0.272 e. The van der Waals surface area contributed by atoms with Crippen LogP contribution < -0.4 is 10.5 Å². The van der Waals surface area contributed by atoms with Gasteiger partial charge in [0.25, 0.3) is 6.43 Å². The van der Waals surface area contributed by atoms with Crippen LogP contribution in [0.1, 0.15) is 11.1 Å². The van der Waals surface area contributed by atoms with E-state index in [9.17, 15) is 8.78 Å². The van der Waals surface area contributed by atoms with Crippen LogP contribution in [-0.2, 0) is 5.75 Å². The molecule has 2 aromatic carbocycles. The number of amidine groups is 1. The van der Waals surface area contributed by atoms with E-state index in [2.05, 4.69) is 10.2 Å². The van der Waals surface area contributed by atoms with E-state index in [4.69, 9.17) is 10.5 Å². The van der Waals surface area contributed by atoms with E-state index in [-0.39, 0.29) is 0 Å². The van der Waals surface area contributed by atoms with E-state index < -0.39 is 13.0 Å². The van der Waals surface area contributed by atoms with Crippen LogP contribution in [0.4, 0.5) is 8.78 Å². The number of nitrogens with two attached hydrogens (primary N) is 1. The van der Waals surface area contributed by atoms with E-state index in [1.165, 1.54) is 18.0 Å². The zero-order valence-electron chi connectivity index (χ0n) is 12.8. The lowest BCUT2D eigenvalue weighted by atomic mass is 10.2. The fraction of sp³-hybridized carbons (Fsp3) is 0.176. The van der Waals surface area contributed by atoms with E-state index in [1.807, 2.05) is 30.3 Å². The first kappa shape index (κ1) is 17.9. The molecule has 7 heteroatoms. The molecule has 4 nitrogen and oxygen atoms in total. The van der Waals surface area contributed by atoms with E-state index in [0.29, 0.717) is 22.2 Å². The Morgan fingerprint density at radius 3 is 2.58 bits per heavy atom. The molecule has 0 atom stereocenters. The third-order valence-corrected chi connectivity index (χ3v) is 3.72. The monoisotopic (exact) mass is 349 g/mol. The summed E-state index contributed by atoms with van der Waals surface area (Å²) < 4.78 is 29.5. The predicted molar refractivity (Wildman–Crippen MR) is 94.9 cm³/mol. The highest BCUT2D eigenvalue weighted by atomic mass is 32.2. The summed E-state index contributed by atoms with van der Waals surface area (Å²) >= 11 is 1.37. The maximum atomic E-state index is 12.2. The molecule has 0 fully saturated rings. The maximum absolute atomic E-state index is 12.2. The molecule has 0 aliphatic heterocycles. The summed E-state index contributed by atoms with van der Waals surface area (Å²) in [5, 5.41) is 8.11. The summed E-state index contributed by atoms with van der Waals surface area (Å²) in [4.78, 5) is 0. The number of alkyl halides is 2. The van der Waals surface area contributed by atoms with Gasteiger partial charge in [-0.05, 0) is 17.7 Å². The van der Waals surface area contributed by atoms with Gasteiger partial charge < -0.3 is 10.5 Å². The second-order valence-electron chi connectivity index (χ2n) is 4.70. The van der Waals surface area contributed by atoms with Crippen LogP contribution in [0.5, 0.6) is 5.75 Å². The topological polar surface area (TPSA) is 60.0 Å². The number of hydrogen-bond donors (Lipinski definition) is 1. The summed E-state index contributed by atoms with van der Waals surface area (Å²) in [6, 6.07) is 16.6. The second-order valence-corrected chi connectivity index (χ2v) is 5.69. The van der Waals surface area contributed by atoms with Gasteiger partial charge >= 0.3 is 0 Å². The van der Waals surface area contributed by atoms with Gasteiger partial charge in [-0.25, -0.2) is 8.78 Å². The largest absolute Gasteiger partial charge is 0.487 e. The number of rotatable bonds is 7. The normalized spacial score (nSPS) is 12.0. The van der Waals surface area contributed by atoms with E-state index in [0.717, 1.165) is 5.56 Å². The molecule has 0 unspecified atom stereocenters. The summed E-state index contributed by atoms with van der Waals surface area (Å²) in [5.41, 5.74) is 7.48. The Bertz CT molecular complexity index is 693. The quantitative estimate of drug-likeness (QED) is 0.468. The van der Waals surface area contributed by atoms with Crippen LogP contribution in [0.15, 0.2) is 64.8 Å². The first-order chi connectivity index (χ1) is 11.6. The van der Waals surface area contributed by atoms with Crippen molar-refractivity contribution in [3.63, 3.8) is 0 Å². The molecule has 126 valence electrons. The Balaban J connectivity index is 1.92. The standard InChI is InChI=1S/C17H17F2N3OS/c18-16(19)11-23-15-9-5-4-8-14(15)10-21-22-17(20)24-12-13-6-2-1-3-7-13/h1-10,16H,11-12H2,(H2,20,22). The number of para-hydroxylation sites is 1. The molecule has 0 aliphatic rings. The number of ether oxygens (including phenoxy) is 1. The van der Waals surface area contributed by atoms with Crippen molar-refractivity contribution in [2.75, 3.05) is 6.61 Å². The lowest BCUT2D eigenvalue weighted by Crippen LogP contribution is -2.08. The van der Waals surface area contributed by atoms with Crippen molar-refractivity contribution >= 4 is 23.1 Å². The highest BCUT2D eigenvalue weighted by molar-refractivity contribution is 8.13. The van der Waals surface area contributed by atoms with Gasteiger partial charge in [-0.1, -0.05) is 54.2 Å². The Morgan fingerprint density at radius 2 is 1.83 bits per heavy atom. The molecule has 0 aromatic heterocycles. The van der Waals surface area contributed by atoms with Crippen LogP contribution >= 0.6 is 11.8 Å². The first-order valence-electron chi connectivity index (χ1n) is 7.18. The van der Waals surface area contributed by atoms with Gasteiger partial charge in [0.1, 0.15) is 12.4 Å². The SMILES string of the molecule is NC(=NN=Cc1ccccc1OCC(F)F)SCc1ccccc1. The van der Waals surface area contributed by atoms with E-state index >= 15 is 0 Å². The van der Waals surface area contributed by atoms with Gasteiger partial charge in [0, 0.05) is 11.3 Å². The minimum absolute atomic E-state index is 0.320. The molecule has 24 heavy (non-hydrogen) atoms. The van der Waals surface area contributed by atoms with Crippen molar-refractivity contribution < 1.29 is 13.5 Å². The van der Waals surface area contributed by atoms with Gasteiger partial charge in [-0.2, -0.15) is 5.10 Å². The Morgan fingerprint density at radius 1 is 1.12 bits per heavy atom. The average Bonchev–Trinajstić information content (AvgIpc) is 2.60. The Kier molecular flexibility index (Phi) is 7.22. The highest BCUT2D eigenvalue weighted by Crippen LogP contribution is 2.17. The van der Waals surface area contributed by atoms with Crippen LogP contribution in [0.25, 0.3) is 0 Å². The zero-order chi connectivity index (χ0) is 17.2. The van der Waals surface area contributed by atoms with Gasteiger partial charge in [-0.15, -0.1) is 5.10 Å². The summed E-state index contributed by atoms with van der Waals surface area (Å²) in [5.74, 6) is 1.02. The minimum atomic E-state index is -2.53. The van der Waals surface area contributed by atoms with Crippen LogP contribution in [0, 0.1) is 0 Å². The second kappa shape index (κ2) is 9.67. The molecule has 0 saturated carbocycles. The maximum Gasteiger partial charge on any atom is 0.272 e.